The second-order valence-corrected chi connectivity index (χ2v) is 4.66. The monoisotopic (exact) mass is 248 g/mol. The first-order valence-corrected chi connectivity index (χ1v) is 6.08. The molecule has 0 spiro atoms. The summed E-state index contributed by atoms with van der Waals surface area (Å²) in [5.41, 5.74) is 8.32. The van der Waals surface area contributed by atoms with Gasteiger partial charge in [0, 0.05) is 17.9 Å². The maximum Gasteiger partial charge on any atom is 0.182 e. The molecule has 1 unspecified atom stereocenters. The predicted molar refractivity (Wildman–Crippen MR) is 65.6 cm³/mol. The lowest BCUT2D eigenvalue weighted by Crippen LogP contribution is -2.18. The van der Waals surface area contributed by atoms with Gasteiger partial charge in [0.15, 0.2) is 11.6 Å². The second-order valence-electron chi connectivity index (χ2n) is 4.66. The molecule has 2 nitrogen and oxygen atoms in total. The van der Waals surface area contributed by atoms with Gasteiger partial charge in [-0.3, -0.25) is 0 Å². The molecule has 18 heavy (non-hydrogen) atoms. The van der Waals surface area contributed by atoms with E-state index in [9.17, 15) is 8.78 Å². The summed E-state index contributed by atoms with van der Waals surface area (Å²) in [5, 5.41) is 0. The van der Waals surface area contributed by atoms with Crippen LogP contribution < -0.4 is 5.73 Å². The van der Waals surface area contributed by atoms with Crippen LogP contribution in [-0.4, -0.2) is 4.57 Å². The molecular weight excluding hydrogens is 234 g/mol. The van der Waals surface area contributed by atoms with Gasteiger partial charge in [-0.05, 0) is 43.0 Å². The second kappa shape index (κ2) is 4.21. The molecule has 1 aromatic carbocycles. The maximum absolute atomic E-state index is 13.8. The van der Waals surface area contributed by atoms with Gasteiger partial charge >= 0.3 is 0 Å². The molecule has 0 saturated carbocycles. The van der Waals surface area contributed by atoms with Gasteiger partial charge in [-0.1, -0.05) is 6.07 Å². The van der Waals surface area contributed by atoms with Crippen molar-refractivity contribution < 1.29 is 8.78 Å². The van der Waals surface area contributed by atoms with Crippen molar-refractivity contribution in [3.05, 3.63) is 53.4 Å². The summed E-state index contributed by atoms with van der Waals surface area (Å²) in [6.45, 7) is 0. The molecule has 1 atom stereocenters. The minimum atomic E-state index is -0.824. The molecule has 0 aliphatic heterocycles. The van der Waals surface area contributed by atoms with Gasteiger partial charge in [0.1, 0.15) is 0 Å². The van der Waals surface area contributed by atoms with E-state index in [1.165, 1.54) is 6.07 Å². The van der Waals surface area contributed by atoms with Crippen molar-refractivity contribution in [1.29, 1.82) is 0 Å². The van der Waals surface area contributed by atoms with Gasteiger partial charge in [-0.15, -0.1) is 0 Å². The molecule has 3 rings (SSSR count). The number of nitrogens with zero attached hydrogens (tertiary/aromatic N) is 1. The Kier molecular flexibility index (Phi) is 2.67. The van der Waals surface area contributed by atoms with E-state index in [1.807, 2.05) is 6.07 Å². The first-order valence-electron chi connectivity index (χ1n) is 6.08. The van der Waals surface area contributed by atoms with Crippen LogP contribution in [0, 0.1) is 11.6 Å². The number of nitrogens with two attached hydrogens (primary N) is 1. The molecule has 0 fully saturated rings. The van der Waals surface area contributed by atoms with Gasteiger partial charge in [0.05, 0.1) is 5.69 Å². The molecule has 1 aliphatic rings. The Balaban J connectivity index is 2.16. The van der Waals surface area contributed by atoms with E-state index in [0.29, 0.717) is 0 Å². The highest BCUT2D eigenvalue weighted by molar-refractivity contribution is 5.41. The fourth-order valence-corrected chi connectivity index (χ4v) is 2.63. The molecule has 0 bridgehead atoms. The van der Waals surface area contributed by atoms with E-state index < -0.39 is 11.6 Å². The van der Waals surface area contributed by atoms with Gasteiger partial charge in [0.25, 0.3) is 0 Å². The number of hydrogen-bond donors (Lipinski definition) is 1. The fraction of sp³-hybridized carbons (Fsp3) is 0.286. The highest BCUT2D eigenvalue weighted by Gasteiger charge is 2.22. The van der Waals surface area contributed by atoms with Gasteiger partial charge < -0.3 is 10.3 Å². The van der Waals surface area contributed by atoms with Crippen LogP contribution >= 0.6 is 0 Å². The summed E-state index contributed by atoms with van der Waals surface area (Å²) in [7, 11) is 0. The highest BCUT2D eigenvalue weighted by Crippen LogP contribution is 2.31. The largest absolute Gasteiger partial charge is 0.324 e. The Labute approximate surface area is 104 Å². The van der Waals surface area contributed by atoms with E-state index >= 15 is 0 Å². The lowest BCUT2D eigenvalue weighted by molar-refractivity contribution is 0.501. The van der Waals surface area contributed by atoms with Crippen molar-refractivity contribution in [1.82, 2.24) is 4.57 Å². The molecule has 94 valence electrons. The quantitative estimate of drug-likeness (QED) is 0.826. The number of halogens is 2. The molecule has 2 aromatic rings. The van der Waals surface area contributed by atoms with Crippen LogP contribution in [0.15, 0.2) is 30.5 Å². The Morgan fingerprint density at radius 2 is 2.06 bits per heavy atom. The van der Waals surface area contributed by atoms with Crippen molar-refractivity contribution in [2.75, 3.05) is 0 Å². The van der Waals surface area contributed by atoms with Gasteiger partial charge in [0.2, 0.25) is 0 Å². The first kappa shape index (κ1) is 11.4. The zero-order valence-corrected chi connectivity index (χ0v) is 9.87. The summed E-state index contributed by atoms with van der Waals surface area (Å²) in [6, 6.07) is 6.14. The average Bonchev–Trinajstić information content (AvgIpc) is 2.78. The molecular formula is C14H14F2N2. The molecule has 0 saturated heterocycles. The predicted octanol–water partition coefficient (Wildman–Crippen LogP) is 3.09. The van der Waals surface area contributed by atoms with Crippen LogP contribution in [-0.2, 0) is 6.42 Å². The van der Waals surface area contributed by atoms with Crippen LogP contribution in [0.4, 0.5) is 8.78 Å². The SMILES string of the molecule is NC1CCCc2c1ccn2-c1cccc(F)c1F. The van der Waals surface area contributed by atoms with Crippen LogP contribution in [0.25, 0.3) is 5.69 Å². The third-order valence-corrected chi connectivity index (χ3v) is 3.55. The number of aromatic nitrogens is 1. The number of rotatable bonds is 1. The molecule has 0 amide bonds. The molecule has 1 aromatic heterocycles. The highest BCUT2D eigenvalue weighted by atomic mass is 19.2. The maximum atomic E-state index is 13.8. The molecule has 2 N–H and O–H groups in total. The number of fused-ring (bicyclic) bond motifs is 1. The van der Waals surface area contributed by atoms with Crippen LogP contribution in [0.3, 0.4) is 0 Å². The van der Waals surface area contributed by atoms with E-state index in [2.05, 4.69) is 0 Å². The van der Waals surface area contributed by atoms with Crippen molar-refractivity contribution in [3.63, 3.8) is 0 Å². The molecule has 0 radical (unpaired) electrons. The van der Waals surface area contributed by atoms with Crippen molar-refractivity contribution in [3.8, 4) is 5.69 Å². The zero-order valence-electron chi connectivity index (χ0n) is 9.87. The van der Waals surface area contributed by atoms with Gasteiger partial charge in [-0.2, -0.15) is 0 Å². The zero-order chi connectivity index (χ0) is 12.7. The summed E-state index contributed by atoms with van der Waals surface area (Å²) in [5.74, 6) is -1.63. The number of benzene rings is 1. The molecule has 1 aliphatic carbocycles. The molecule has 4 heteroatoms. The van der Waals surface area contributed by atoms with Crippen LogP contribution in [0.1, 0.15) is 30.1 Å². The lowest BCUT2D eigenvalue weighted by atomic mass is 9.93. The summed E-state index contributed by atoms with van der Waals surface area (Å²) in [4.78, 5) is 0. The van der Waals surface area contributed by atoms with E-state index in [4.69, 9.17) is 5.73 Å². The summed E-state index contributed by atoms with van der Waals surface area (Å²) >= 11 is 0. The smallest absolute Gasteiger partial charge is 0.182 e. The molecule has 1 heterocycles. The van der Waals surface area contributed by atoms with Crippen LogP contribution in [0.5, 0.6) is 0 Å². The normalized spacial score (nSPS) is 18.7. The Bertz CT molecular complexity index is 589. The van der Waals surface area contributed by atoms with E-state index in [-0.39, 0.29) is 11.7 Å². The summed E-state index contributed by atoms with van der Waals surface area (Å²) < 4.78 is 28.8. The van der Waals surface area contributed by atoms with Crippen molar-refractivity contribution in [2.24, 2.45) is 5.73 Å². The fourth-order valence-electron chi connectivity index (χ4n) is 2.63. The lowest BCUT2D eigenvalue weighted by Gasteiger charge is -2.21. The van der Waals surface area contributed by atoms with Crippen molar-refractivity contribution >= 4 is 0 Å². The minimum Gasteiger partial charge on any atom is -0.324 e. The average molecular weight is 248 g/mol. The Hall–Kier alpha value is -1.68. The number of hydrogen-bond acceptors (Lipinski definition) is 1. The standard InChI is InChI=1S/C14H14F2N2/c15-10-3-1-6-13(14(10)16)18-8-7-9-11(17)4-2-5-12(9)18/h1,3,6-8,11H,2,4-5,17H2. The van der Waals surface area contributed by atoms with E-state index in [1.54, 1.807) is 16.8 Å². The topological polar surface area (TPSA) is 30.9 Å². The minimum absolute atomic E-state index is 0.00613. The van der Waals surface area contributed by atoms with Gasteiger partial charge in [-0.25, -0.2) is 8.78 Å². The first-order chi connectivity index (χ1) is 8.68. The third kappa shape index (κ3) is 1.64. The van der Waals surface area contributed by atoms with Crippen molar-refractivity contribution in [2.45, 2.75) is 25.3 Å². The third-order valence-electron chi connectivity index (χ3n) is 3.55. The Morgan fingerprint density at radius 1 is 1.22 bits per heavy atom. The Morgan fingerprint density at radius 3 is 2.89 bits per heavy atom. The van der Waals surface area contributed by atoms with E-state index in [0.717, 1.165) is 36.6 Å². The van der Waals surface area contributed by atoms with Crippen LogP contribution in [0.2, 0.25) is 0 Å². The summed E-state index contributed by atoms with van der Waals surface area (Å²) in [6.07, 6.45) is 4.55.